The van der Waals surface area contributed by atoms with E-state index in [0.29, 0.717) is 23.3 Å². The number of nitrogens with one attached hydrogen (secondary N) is 3. The fourth-order valence-electron chi connectivity index (χ4n) is 2.27. The summed E-state index contributed by atoms with van der Waals surface area (Å²) in [5.74, 6) is 0.867. The fourth-order valence-corrected chi connectivity index (χ4v) is 2.47. The van der Waals surface area contributed by atoms with Crippen LogP contribution in [0, 0.1) is 6.92 Å². The fraction of sp³-hybridized carbons (Fsp3) is 0.167. The number of anilines is 2. The van der Waals surface area contributed by atoms with Crippen molar-refractivity contribution in [3.05, 3.63) is 64.9 Å². The standard InChI is InChI=1S/C18H18ClN5O2/c1-12-2-5-15(6-3-12)23-17(25)10-26-16-7-4-14(19)8-13(16)9-20-18-21-11-22-24-18/h2-8,11H,9-10H2,1H3,(H,23,25)(H2,20,21,22,24). The van der Waals surface area contributed by atoms with E-state index < -0.39 is 0 Å². The van der Waals surface area contributed by atoms with E-state index in [1.54, 1.807) is 18.2 Å². The molecule has 0 aliphatic rings. The van der Waals surface area contributed by atoms with Crippen LogP contribution >= 0.6 is 11.6 Å². The predicted molar refractivity (Wildman–Crippen MR) is 100 cm³/mol. The Labute approximate surface area is 155 Å². The average Bonchev–Trinajstić information content (AvgIpc) is 3.14. The minimum atomic E-state index is -0.238. The molecule has 0 spiro atoms. The molecule has 0 bridgehead atoms. The van der Waals surface area contributed by atoms with E-state index >= 15 is 0 Å². The Morgan fingerprint density at radius 1 is 1.23 bits per heavy atom. The summed E-state index contributed by atoms with van der Waals surface area (Å²) in [6.45, 7) is 2.30. The zero-order valence-electron chi connectivity index (χ0n) is 14.1. The van der Waals surface area contributed by atoms with Gasteiger partial charge in [-0.2, -0.15) is 5.10 Å². The third-order valence-electron chi connectivity index (χ3n) is 3.58. The molecule has 0 atom stereocenters. The van der Waals surface area contributed by atoms with Crippen molar-refractivity contribution in [1.29, 1.82) is 0 Å². The molecule has 0 fully saturated rings. The first kappa shape index (κ1) is 17.8. The number of H-pyrrole nitrogens is 1. The van der Waals surface area contributed by atoms with Crippen LogP contribution < -0.4 is 15.4 Å². The van der Waals surface area contributed by atoms with Crippen molar-refractivity contribution in [1.82, 2.24) is 15.2 Å². The summed E-state index contributed by atoms with van der Waals surface area (Å²) in [6.07, 6.45) is 1.41. The summed E-state index contributed by atoms with van der Waals surface area (Å²) in [4.78, 5) is 16.1. The van der Waals surface area contributed by atoms with Gasteiger partial charge >= 0.3 is 0 Å². The van der Waals surface area contributed by atoms with Gasteiger partial charge in [-0.25, -0.2) is 10.1 Å². The highest BCUT2D eigenvalue weighted by atomic mass is 35.5. The van der Waals surface area contributed by atoms with Crippen molar-refractivity contribution in [2.75, 3.05) is 17.2 Å². The predicted octanol–water partition coefficient (Wildman–Crippen LogP) is 3.40. The number of hydrogen-bond donors (Lipinski definition) is 3. The highest BCUT2D eigenvalue weighted by molar-refractivity contribution is 6.30. The number of rotatable bonds is 7. The summed E-state index contributed by atoms with van der Waals surface area (Å²) < 4.78 is 5.66. The van der Waals surface area contributed by atoms with Crippen LogP contribution in [0.1, 0.15) is 11.1 Å². The minimum absolute atomic E-state index is 0.106. The number of hydrogen-bond acceptors (Lipinski definition) is 5. The van der Waals surface area contributed by atoms with Crippen LogP contribution in [-0.4, -0.2) is 27.7 Å². The van der Waals surface area contributed by atoms with Crippen LogP contribution in [0.3, 0.4) is 0 Å². The second-order valence-corrected chi connectivity index (χ2v) is 6.08. The van der Waals surface area contributed by atoms with E-state index in [9.17, 15) is 4.79 Å². The number of aromatic nitrogens is 3. The van der Waals surface area contributed by atoms with Gasteiger partial charge in [-0.05, 0) is 37.3 Å². The van der Waals surface area contributed by atoms with Crippen molar-refractivity contribution < 1.29 is 9.53 Å². The Bertz CT molecular complexity index is 866. The lowest BCUT2D eigenvalue weighted by Gasteiger charge is -2.12. The monoisotopic (exact) mass is 371 g/mol. The number of halogens is 1. The molecule has 0 aliphatic carbocycles. The summed E-state index contributed by atoms with van der Waals surface area (Å²) in [6, 6.07) is 12.8. The van der Waals surface area contributed by atoms with Gasteiger partial charge in [0.05, 0.1) is 0 Å². The third kappa shape index (κ3) is 4.97. The zero-order chi connectivity index (χ0) is 18.4. The number of aromatic amines is 1. The molecule has 1 amide bonds. The molecule has 1 heterocycles. The van der Waals surface area contributed by atoms with E-state index in [1.807, 2.05) is 31.2 Å². The van der Waals surface area contributed by atoms with Crippen LogP contribution in [-0.2, 0) is 11.3 Å². The molecular formula is C18H18ClN5O2. The molecule has 2 aromatic carbocycles. The Hall–Kier alpha value is -3.06. The van der Waals surface area contributed by atoms with E-state index in [-0.39, 0.29) is 12.5 Å². The van der Waals surface area contributed by atoms with Gasteiger partial charge in [0.25, 0.3) is 5.91 Å². The van der Waals surface area contributed by atoms with Crippen LogP contribution in [0.2, 0.25) is 5.02 Å². The first-order valence-electron chi connectivity index (χ1n) is 7.97. The van der Waals surface area contributed by atoms with Gasteiger partial charge in [-0.15, -0.1) is 0 Å². The van der Waals surface area contributed by atoms with Crippen molar-refractivity contribution in [2.45, 2.75) is 13.5 Å². The Morgan fingerprint density at radius 3 is 2.77 bits per heavy atom. The molecule has 3 N–H and O–H groups in total. The van der Waals surface area contributed by atoms with E-state index in [4.69, 9.17) is 16.3 Å². The molecule has 134 valence electrons. The van der Waals surface area contributed by atoms with Gasteiger partial charge in [0, 0.05) is 22.8 Å². The summed E-state index contributed by atoms with van der Waals surface area (Å²) in [7, 11) is 0. The quantitative estimate of drug-likeness (QED) is 0.592. The molecule has 0 saturated carbocycles. The number of carbonyl (C=O) groups excluding carboxylic acids is 1. The molecule has 26 heavy (non-hydrogen) atoms. The Kier molecular flexibility index (Phi) is 5.70. The third-order valence-corrected chi connectivity index (χ3v) is 3.81. The van der Waals surface area contributed by atoms with Crippen LogP contribution in [0.25, 0.3) is 0 Å². The zero-order valence-corrected chi connectivity index (χ0v) is 14.9. The van der Waals surface area contributed by atoms with Crippen LogP contribution in [0.5, 0.6) is 5.75 Å². The molecule has 8 heteroatoms. The lowest BCUT2D eigenvalue weighted by Crippen LogP contribution is -2.20. The Morgan fingerprint density at radius 2 is 2.04 bits per heavy atom. The van der Waals surface area contributed by atoms with Crippen LogP contribution in [0.4, 0.5) is 11.6 Å². The first-order chi connectivity index (χ1) is 12.6. The van der Waals surface area contributed by atoms with Gasteiger partial charge in [0.2, 0.25) is 5.95 Å². The summed E-state index contributed by atoms with van der Waals surface area (Å²) in [5, 5.41) is 12.9. The molecule has 7 nitrogen and oxygen atoms in total. The number of aryl methyl sites for hydroxylation is 1. The maximum absolute atomic E-state index is 12.1. The highest BCUT2D eigenvalue weighted by Crippen LogP contribution is 2.23. The molecular weight excluding hydrogens is 354 g/mol. The largest absolute Gasteiger partial charge is 0.483 e. The minimum Gasteiger partial charge on any atom is -0.483 e. The molecule has 0 radical (unpaired) electrons. The number of benzene rings is 2. The molecule has 3 aromatic rings. The number of carbonyl (C=O) groups is 1. The smallest absolute Gasteiger partial charge is 0.262 e. The molecule has 0 saturated heterocycles. The van der Waals surface area contributed by atoms with Gasteiger partial charge in [-0.1, -0.05) is 29.3 Å². The van der Waals surface area contributed by atoms with E-state index in [1.165, 1.54) is 6.33 Å². The summed E-state index contributed by atoms with van der Waals surface area (Å²) in [5.41, 5.74) is 2.66. The normalized spacial score (nSPS) is 10.4. The number of ether oxygens (including phenoxy) is 1. The van der Waals surface area contributed by atoms with Crippen molar-refractivity contribution >= 4 is 29.1 Å². The lowest BCUT2D eigenvalue weighted by atomic mass is 10.2. The lowest BCUT2D eigenvalue weighted by molar-refractivity contribution is -0.118. The molecule has 0 aliphatic heterocycles. The topological polar surface area (TPSA) is 91.9 Å². The van der Waals surface area contributed by atoms with E-state index in [2.05, 4.69) is 25.8 Å². The van der Waals surface area contributed by atoms with Gasteiger partial charge in [0.1, 0.15) is 12.1 Å². The van der Waals surface area contributed by atoms with Gasteiger partial charge < -0.3 is 15.4 Å². The SMILES string of the molecule is Cc1ccc(NC(=O)COc2ccc(Cl)cc2CNc2ncn[nH]2)cc1. The van der Waals surface area contributed by atoms with Crippen molar-refractivity contribution in [2.24, 2.45) is 0 Å². The number of amides is 1. The van der Waals surface area contributed by atoms with Crippen molar-refractivity contribution in [3.63, 3.8) is 0 Å². The second kappa shape index (κ2) is 8.35. The maximum atomic E-state index is 12.1. The second-order valence-electron chi connectivity index (χ2n) is 5.64. The van der Waals surface area contributed by atoms with Crippen LogP contribution in [0.15, 0.2) is 48.8 Å². The summed E-state index contributed by atoms with van der Waals surface area (Å²) >= 11 is 6.06. The van der Waals surface area contributed by atoms with E-state index in [0.717, 1.165) is 16.8 Å². The van der Waals surface area contributed by atoms with Gasteiger partial charge in [0.15, 0.2) is 6.61 Å². The molecule has 1 aromatic heterocycles. The molecule has 0 unspecified atom stereocenters. The van der Waals surface area contributed by atoms with Crippen molar-refractivity contribution in [3.8, 4) is 5.75 Å². The molecule has 3 rings (SSSR count). The highest BCUT2D eigenvalue weighted by Gasteiger charge is 2.09. The van der Waals surface area contributed by atoms with Gasteiger partial charge in [-0.3, -0.25) is 4.79 Å². The Balaban J connectivity index is 1.59. The first-order valence-corrected chi connectivity index (χ1v) is 8.35. The number of nitrogens with zero attached hydrogens (tertiary/aromatic N) is 2. The average molecular weight is 372 g/mol. The maximum Gasteiger partial charge on any atom is 0.262 e.